The van der Waals surface area contributed by atoms with Gasteiger partial charge in [-0.3, -0.25) is 4.98 Å². The van der Waals surface area contributed by atoms with Gasteiger partial charge in [-0.2, -0.15) is 0 Å². The molecule has 0 aliphatic carbocycles. The van der Waals surface area contributed by atoms with Gasteiger partial charge >= 0.3 is 0 Å². The van der Waals surface area contributed by atoms with Crippen LogP contribution in [0.3, 0.4) is 0 Å². The minimum absolute atomic E-state index is 0.0672. The highest BCUT2D eigenvalue weighted by Gasteiger charge is 2.04. The third kappa shape index (κ3) is 1.57. The molecule has 0 unspecified atom stereocenters. The Morgan fingerprint density at radius 2 is 1.79 bits per heavy atom. The Morgan fingerprint density at radius 3 is 2.50 bits per heavy atom. The Labute approximate surface area is 80.7 Å². The molecule has 0 radical (unpaired) electrons. The van der Waals surface area contributed by atoms with E-state index in [-0.39, 0.29) is 11.6 Å². The van der Waals surface area contributed by atoms with Crippen LogP contribution in [0.15, 0.2) is 42.7 Å². The summed E-state index contributed by atoms with van der Waals surface area (Å²) in [5, 5.41) is 9.50. The lowest BCUT2D eigenvalue weighted by Gasteiger charge is -2.03. The first kappa shape index (κ1) is 8.69. The highest BCUT2D eigenvalue weighted by Crippen LogP contribution is 2.28. The Kier molecular flexibility index (Phi) is 2.14. The van der Waals surface area contributed by atoms with Crippen molar-refractivity contribution < 1.29 is 9.50 Å². The van der Waals surface area contributed by atoms with Gasteiger partial charge < -0.3 is 5.11 Å². The summed E-state index contributed by atoms with van der Waals surface area (Å²) in [5.74, 6) is -0.299. The fourth-order valence-corrected chi connectivity index (χ4v) is 1.27. The zero-order chi connectivity index (χ0) is 9.97. The van der Waals surface area contributed by atoms with Crippen molar-refractivity contribution in [3.05, 3.63) is 48.5 Å². The normalized spacial score (nSPS) is 10.1. The van der Waals surface area contributed by atoms with Gasteiger partial charge in [0, 0.05) is 18.0 Å². The number of phenols is 1. The first-order valence-electron chi connectivity index (χ1n) is 4.16. The second-order valence-corrected chi connectivity index (χ2v) is 2.90. The quantitative estimate of drug-likeness (QED) is 0.747. The van der Waals surface area contributed by atoms with Crippen molar-refractivity contribution in [2.24, 2.45) is 0 Å². The third-order valence-electron chi connectivity index (χ3n) is 1.95. The van der Waals surface area contributed by atoms with E-state index < -0.39 is 0 Å². The molecule has 0 bridgehead atoms. The van der Waals surface area contributed by atoms with E-state index in [9.17, 15) is 9.50 Å². The standard InChI is InChI=1S/C11H8FNO/c12-9-1-2-11(14)10(7-9)8-3-5-13-6-4-8/h1-7,14H. The maximum absolute atomic E-state index is 12.9. The molecule has 1 heterocycles. The zero-order valence-electron chi connectivity index (χ0n) is 7.31. The first-order valence-corrected chi connectivity index (χ1v) is 4.16. The van der Waals surface area contributed by atoms with Crippen LogP contribution in [-0.4, -0.2) is 10.1 Å². The summed E-state index contributed by atoms with van der Waals surface area (Å²) in [5.41, 5.74) is 1.23. The monoisotopic (exact) mass is 189 g/mol. The molecule has 1 aromatic carbocycles. The zero-order valence-corrected chi connectivity index (χ0v) is 7.31. The number of nitrogens with zero attached hydrogens (tertiary/aromatic N) is 1. The number of phenolic OH excluding ortho intramolecular Hbond substituents is 1. The third-order valence-corrected chi connectivity index (χ3v) is 1.95. The fraction of sp³-hybridized carbons (Fsp3) is 0. The van der Waals surface area contributed by atoms with Gasteiger partial charge in [0.2, 0.25) is 0 Å². The number of hydrogen-bond donors (Lipinski definition) is 1. The predicted molar refractivity (Wildman–Crippen MR) is 51.3 cm³/mol. The lowest BCUT2D eigenvalue weighted by Crippen LogP contribution is -1.81. The molecule has 0 saturated heterocycles. The van der Waals surface area contributed by atoms with Crippen LogP contribution in [-0.2, 0) is 0 Å². The summed E-state index contributed by atoms with van der Waals surface area (Å²) < 4.78 is 12.9. The number of aromatic nitrogens is 1. The van der Waals surface area contributed by atoms with Crippen molar-refractivity contribution in [3.8, 4) is 16.9 Å². The van der Waals surface area contributed by atoms with E-state index in [0.29, 0.717) is 5.56 Å². The van der Waals surface area contributed by atoms with Crippen LogP contribution >= 0.6 is 0 Å². The molecular weight excluding hydrogens is 181 g/mol. The maximum Gasteiger partial charge on any atom is 0.124 e. The topological polar surface area (TPSA) is 33.1 Å². The second-order valence-electron chi connectivity index (χ2n) is 2.90. The van der Waals surface area contributed by atoms with Crippen LogP contribution < -0.4 is 0 Å². The first-order chi connectivity index (χ1) is 6.77. The van der Waals surface area contributed by atoms with Crippen molar-refractivity contribution in [2.75, 3.05) is 0 Å². The van der Waals surface area contributed by atoms with Crippen molar-refractivity contribution in [2.45, 2.75) is 0 Å². The van der Waals surface area contributed by atoms with Crippen LogP contribution in [0.2, 0.25) is 0 Å². The van der Waals surface area contributed by atoms with Gasteiger partial charge in [-0.05, 0) is 35.9 Å². The number of benzene rings is 1. The number of pyridine rings is 1. The second kappa shape index (κ2) is 3.46. The van der Waals surface area contributed by atoms with Crippen molar-refractivity contribution >= 4 is 0 Å². The van der Waals surface area contributed by atoms with E-state index in [4.69, 9.17) is 0 Å². The molecule has 1 N–H and O–H groups in total. The SMILES string of the molecule is Oc1ccc(F)cc1-c1ccncc1. The Morgan fingerprint density at radius 1 is 1.07 bits per heavy atom. The molecule has 14 heavy (non-hydrogen) atoms. The van der Waals surface area contributed by atoms with Gasteiger partial charge in [-0.15, -0.1) is 0 Å². The summed E-state index contributed by atoms with van der Waals surface area (Å²) in [4.78, 5) is 3.85. The highest BCUT2D eigenvalue weighted by atomic mass is 19.1. The van der Waals surface area contributed by atoms with Gasteiger partial charge in [0.15, 0.2) is 0 Å². The summed E-state index contributed by atoms with van der Waals surface area (Å²) >= 11 is 0. The molecule has 0 aliphatic heterocycles. The van der Waals surface area contributed by atoms with E-state index in [1.165, 1.54) is 18.2 Å². The smallest absolute Gasteiger partial charge is 0.124 e. The molecule has 70 valence electrons. The van der Waals surface area contributed by atoms with E-state index in [2.05, 4.69) is 4.98 Å². The van der Waals surface area contributed by atoms with E-state index in [1.807, 2.05) is 0 Å². The van der Waals surface area contributed by atoms with Gasteiger partial charge in [0.25, 0.3) is 0 Å². The summed E-state index contributed by atoms with van der Waals surface area (Å²) in [6.07, 6.45) is 3.19. The molecule has 1 aromatic heterocycles. The molecule has 2 aromatic rings. The van der Waals surface area contributed by atoms with E-state index >= 15 is 0 Å². The molecule has 3 heteroatoms. The lowest BCUT2D eigenvalue weighted by atomic mass is 10.1. The number of halogens is 1. The molecular formula is C11H8FNO. The summed E-state index contributed by atoms with van der Waals surface area (Å²) in [7, 11) is 0. The molecule has 0 saturated carbocycles. The van der Waals surface area contributed by atoms with Crippen LogP contribution in [0, 0.1) is 5.82 Å². The van der Waals surface area contributed by atoms with Gasteiger partial charge in [0.05, 0.1) is 0 Å². The Balaban J connectivity index is 2.57. The van der Waals surface area contributed by atoms with Crippen molar-refractivity contribution in [1.29, 1.82) is 0 Å². The summed E-state index contributed by atoms with van der Waals surface area (Å²) in [6.45, 7) is 0. The lowest BCUT2D eigenvalue weighted by molar-refractivity contribution is 0.475. The number of aromatic hydroxyl groups is 1. The number of rotatable bonds is 1. The predicted octanol–water partition coefficient (Wildman–Crippen LogP) is 2.59. The number of hydrogen-bond acceptors (Lipinski definition) is 2. The van der Waals surface area contributed by atoms with Crippen LogP contribution in [0.4, 0.5) is 4.39 Å². The average Bonchev–Trinajstić information content (AvgIpc) is 2.23. The van der Waals surface area contributed by atoms with E-state index in [0.717, 1.165) is 5.56 Å². The minimum Gasteiger partial charge on any atom is -0.507 e. The molecule has 0 atom stereocenters. The van der Waals surface area contributed by atoms with Crippen molar-refractivity contribution in [3.63, 3.8) is 0 Å². The van der Waals surface area contributed by atoms with E-state index in [1.54, 1.807) is 24.5 Å². The molecule has 0 amide bonds. The fourth-order valence-electron chi connectivity index (χ4n) is 1.27. The Hall–Kier alpha value is -1.90. The maximum atomic E-state index is 12.9. The molecule has 0 spiro atoms. The molecule has 0 fully saturated rings. The molecule has 2 rings (SSSR count). The van der Waals surface area contributed by atoms with Crippen LogP contribution in [0.1, 0.15) is 0 Å². The average molecular weight is 189 g/mol. The molecule has 2 nitrogen and oxygen atoms in total. The summed E-state index contributed by atoms with van der Waals surface area (Å²) in [6, 6.07) is 7.29. The van der Waals surface area contributed by atoms with Gasteiger partial charge in [0.1, 0.15) is 11.6 Å². The minimum atomic E-state index is -0.366. The van der Waals surface area contributed by atoms with Crippen LogP contribution in [0.5, 0.6) is 5.75 Å². The van der Waals surface area contributed by atoms with Gasteiger partial charge in [-0.1, -0.05) is 0 Å². The van der Waals surface area contributed by atoms with Crippen LogP contribution in [0.25, 0.3) is 11.1 Å². The van der Waals surface area contributed by atoms with Crippen molar-refractivity contribution in [1.82, 2.24) is 4.98 Å². The molecule has 0 aliphatic rings. The highest BCUT2D eigenvalue weighted by molar-refractivity contribution is 5.69. The van der Waals surface area contributed by atoms with Gasteiger partial charge in [-0.25, -0.2) is 4.39 Å². The largest absolute Gasteiger partial charge is 0.507 e. The Bertz CT molecular complexity index is 442.